The lowest BCUT2D eigenvalue weighted by Gasteiger charge is -2.24. The van der Waals surface area contributed by atoms with E-state index in [4.69, 9.17) is 4.52 Å². The molecular formula is C14H25N3OS. The minimum Gasteiger partial charge on any atom is -0.340 e. The summed E-state index contributed by atoms with van der Waals surface area (Å²) in [4.78, 5) is 4.30. The SMILES string of the molecule is Cc1nc(C(C)(C)NCCSC2CCCCC2)no1. The van der Waals surface area contributed by atoms with Crippen LogP contribution in [0.5, 0.6) is 0 Å². The Bertz CT molecular complexity index is 386. The second kappa shape index (κ2) is 6.75. The highest BCUT2D eigenvalue weighted by molar-refractivity contribution is 7.99. The standard InChI is InChI=1S/C14H25N3OS/c1-11-16-13(17-18-11)14(2,3)15-9-10-19-12-7-5-4-6-8-12/h12,15H,4-10H2,1-3H3. The summed E-state index contributed by atoms with van der Waals surface area (Å²) in [5.41, 5.74) is -0.217. The fraction of sp³-hybridized carbons (Fsp3) is 0.857. The van der Waals surface area contributed by atoms with Crippen molar-refractivity contribution in [3.8, 4) is 0 Å². The fourth-order valence-corrected chi connectivity index (χ4v) is 3.67. The summed E-state index contributed by atoms with van der Waals surface area (Å²) < 4.78 is 5.05. The van der Waals surface area contributed by atoms with Crippen LogP contribution in [-0.4, -0.2) is 27.7 Å². The molecule has 108 valence electrons. The lowest BCUT2D eigenvalue weighted by Crippen LogP contribution is -2.39. The second-order valence-electron chi connectivity index (χ2n) is 5.82. The number of aromatic nitrogens is 2. The smallest absolute Gasteiger partial charge is 0.223 e. The molecule has 1 N–H and O–H groups in total. The van der Waals surface area contributed by atoms with Crippen LogP contribution < -0.4 is 5.32 Å². The Morgan fingerprint density at radius 3 is 2.68 bits per heavy atom. The van der Waals surface area contributed by atoms with E-state index in [-0.39, 0.29) is 5.54 Å². The Morgan fingerprint density at radius 1 is 1.32 bits per heavy atom. The molecule has 0 spiro atoms. The van der Waals surface area contributed by atoms with Crippen molar-refractivity contribution in [1.82, 2.24) is 15.5 Å². The molecule has 0 unspecified atom stereocenters. The van der Waals surface area contributed by atoms with Crippen molar-refractivity contribution in [2.24, 2.45) is 0 Å². The summed E-state index contributed by atoms with van der Waals surface area (Å²) in [5.74, 6) is 2.53. The molecule has 2 rings (SSSR count). The van der Waals surface area contributed by atoms with Gasteiger partial charge in [0.05, 0.1) is 5.54 Å². The van der Waals surface area contributed by atoms with Gasteiger partial charge >= 0.3 is 0 Å². The maximum Gasteiger partial charge on any atom is 0.223 e. The summed E-state index contributed by atoms with van der Waals surface area (Å²) in [6.07, 6.45) is 7.06. The van der Waals surface area contributed by atoms with Gasteiger partial charge in [0.25, 0.3) is 0 Å². The summed E-state index contributed by atoms with van der Waals surface area (Å²) in [7, 11) is 0. The van der Waals surface area contributed by atoms with Crippen molar-refractivity contribution in [3.63, 3.8) is 0 Å². The van der Waals surface area contributed by atoms with Gasteiger partial charge in [-0.1, -0.05) is 24.4 Å². The average Bonchev–Trinajstić information content (AvgIpc) is 2.84. The van der Waals surface area contributed by atoms with E-state index in [2.05, 4.69) is 41.1 Å². The lowest BCUT2D eigenvalue weighted by molar-refractivity contribution is 0.344. The van der Waals surface area contributed by atoms with Gasteiger partial charge in [-0.25, -0.2) is 0 Å². The second-order valence-corrected chi connectivity index (χ2v) is 7.23. The number of hydrogen-bond acceptors (Lipinski definition) is 5. The summed E-state index contributed by atoms with van der Waals surface area (Å²) in [6.45, 7) is 7.01. The number of nitrogens with one attached hydrogen (secondary N) is 1. The first-order valence-corrected chi connectivity index (χ1v) is 8.30. The Balaban J connectivity index is 1.69. The van der Waals surface area contributed by atoms with Crippen molar-refractivity contribution in [2.45, 2.75) is 63.7 Å². The number of aryl methyl sites for hydroxylation is 1. The molecule has 0 aromatic carbocycles. The van der Waals surface area contributed by atoms with Crippen molar-refractivity contribution in [1.29, 1.82) is 0 Å². The molecule has 5 heteroatoms. The molecule has 1 aromatic heterocycles. The van der Waals surface area contributed by atoms with Gasteiger partial charge < -0.3 is 9.84 Å². The average molecular weight is 283 g/mol. The van der Waals surface area contributed by atoms with Gasteiger partial charge in [0.2, 0.25) is 5.89 Å². The van der Waals surface area contributed by atoms with Gasteiger partial charge in [-0.2, -0.15) is 16.7 Å². The van der Waals surface area contributed by atoms with Crippen LogP contribution in [0.15, 0.2) is 4.52 Å². The molecule has 4 nitrogen and oxygen atoms in total. The Kier molecular flexibility index (Phi) is 5.28. The normalized spacial score (nSPS) is 17.8. The quantitative estimate of drug-likeness (QED) is 0.812. The summed E-state index contributed by atoms with van der Waals surface area (Å²) >= 11 is 2.11. The molecule has 0 amide bonds. The Labute approximate surface area is 120 Å². The van der Waals surface area contributed by atoms with Gasteiger partial charge in [-0.15, -0.1) is 0 Å². The molecule has 0 radical (unpaired) electrons. The van der Waals surface area contributed by atoms with Crippen LogP contribution in [0.1, 0.15) is 57.7 Å². The third kappa shape index (κ3) is 4.49. The van der Waals surface area contributed by atoms with Crippen LogP contribution in [-0.2, 0) is 5.54 Å². The minimum absolute atomic E-state index is 0.217. The number of hydrogen-bond donors (Lipinski definition) is 1. The fourth-order valence-electron chi connectivity index (χ4n) is 2.45. The van der Waals surface area contributed by atoms with Crippen LogP contribution in [0.3, 0.4) is 0 Å². The van der Waals surface area contributed by atoms with Gasteiger partial charge in [0.1, 0.15) is 0 Å². The largest absolute Gasteiger partial charge is 0.340 e. The minimum atomic E-state index is -0.217. The van der Waals surface area contributed by atoms with E-state index >= 15 is 0 Å². The third-order valence-electron chi connectivity index (χ3n) is 3.66. The van der Waals surface area contributed by atoms with E-state index in [1.165, 1.54) is 32.1 Å². The third-order valence-corrected chi connectivity index (χ3v) is 5.04. The molecule has 1 aromatic rings. The van der Waals surface area contributed by atoms with Gasteiger partial charge in [0.15, 0.2) is 5.82 Å². The van der Waals surface area contributed by atoms with E-state index in [1.54, 1.807) is 0 Å². The Morgan fingerprint density at radius 2 is 2.05 bits per heavy atom. The molecule has 19 heavy (non-hydrogen) atoms. The van der Waals surface area contributed by atoms with Gasteiger partial charge in [-0.3, -0.25) is 0 Å². The zero-order valence-electron chi connectivity index (χ0n) is 12.2. The maximum absolute atomic E-state index is 5.05. The summed E-state index contributed by atoms with van der Waals surface area (Å²) in [6, 6.07) is 0. The first kappa shape index (κ1) is 14.9. The first-order chi connectivity index (χ1) is 9.08. The van der Waals surface area contributed by atoms with Crippen molar-refractivity contribution in [2.75, 3.05) is 12.3 Å². The number of thioether (sulfide) groups is 1. The van der Waals surface area contributed by atoms with E-state index in [0.29, 0.717) is 5.89 Å². The van der Waals surface area contributed by atoms with E-state index in [9.17, 15) is 0 Å². The number of rotatable bonds is 6. The molecule has 1 saturated carbocycles. The molecule has 1 fully saturated rings. The zero-order valence-corrected chi connectivity index (χ0v) is 13.1. The Hall–Kier alpha value is -0.550. The van der Waals surface area contributed by atoms with Crippen molar-refractivity contribution >= 4 is 11.8 Å². The van der Waals surface area contributed by atoms with Crippen molar-refractivity contribution < 1.29 is 4.52 Å². The highest BCUT2D eigenvalue weighted by Gasteiger charge is 2.25. The first-order valence-electron chi connectivity index (χ1n) is 7.25. The highest BCUT2D eigenvalue weighted by atomic mass is 32.2. The monoisotopic (exact) mass is 283 g/mol. The van der Waals surface area contributed by atoms with Crippen molar-refractivity contribution in [3.05, 3.63) is 11.7 Å². The topological polar surface area (TPSA) is 51.0 Å². The van der Waals surface area contributed by atoms with E-state index < -0.39 is 0 Å². The highest BCUT2D eigenvalue weighted by Crippen LogP contribution is 2.28. The predicted molar refractivity (Wildman–Crippen MR) is 79.4 cm³/mol. The van der Waals surface area contributed by atoms with Gasteiger partial charge in [0, 0.05) is 24.5 Å². The molecule has 0 aliphatic heterocycles. The predicted octanol–water partition coefficient (Wildman–Crippen LogP) is 3.27. The van der Waals surface area contributed by atoms with Crippen LogP contribution in [0, 0.1) is 6.92 Å². The van der Waals surface area contributed by atoms with Crippen LogP contribution in [0.25, 0.3) is 0 Å². The van der Waals surface area contributed by atoms with Crippen LogP contribution >= 0.6 is 11.8 Å². The zero-order chi connectivity index (χ0) is 13.7. The molecule has 1 heterocycles. The number of nitrogens with zero attached hydrogens (tertiary/aromatic N) is 2. The van der Waals surface area contributed by atoms with Gasteiger partial charge in [-0.05, 0) is 26.7 Å². The molecule has 0 atom stereocenters. The maximum atomic E-state index is 5.05. The molecule has 1 aliphatic rings. The molecule has 0 saturated heterocycles. The molecule has 1 aliphatic carbocycles. The molecule has 0 bridgehead atoms. The van der Waals surface area contributed by atoms with E-state index in [1.807, 2.05) is 6.92 Å². The van der Waals surface area contributed by atoms with E-state index in [0.717, 1.165) is 23.4 Å². The lowest BCUT2D eigenvalue weighted by atomic mass is 10.0. The van der Waals surface area contributed by atoms with Crippen LogP contribution in [0.4, 0.5) is 0 Å². The van der Waals surface area contributed by atoms with Crippen LogP contribution in [0.2, 0.25) is 0 Å². The summed E-state index contributed by atoms with van der Waals surface area (Å²) in [5, 5.41) is 8.40. The molecular weight excluding hydrogens is 258 g/mol.